The Balaban J connectivity index is 2.25. The van der Waals surface area contributed by atoms with Gasteiger partial charge in [0.05, 0.1) is 11.4 Å². The predicted octanol–water partition coefficient (Wildman–Crippen LogP) is 2.85. The molecule has 0 saturated heterocycles. The van der Waals surface area contributed by atoms with Crippen molar-refractivity contribution in [2.75, 3.05) is 5.32 Å². The zero-order valence-corrected chi connectivity index (χ0v) is 12.5. The van der Waals surface area contributed by atoms with Crippen LogP contribution in [0.3, 0.4) is 0 Å². The Morgan fingerprint density at radius 1 is 1.35 bits per heavy atom. The number of carbonyl (C=O) groups excluding carboxylic acids is 1. The second-order valence-corrected chi connectivity index (χ2v) is 4.88. The largest absolute Gasteiger partial charge is 0.319 e. The van der Waals surface area contributed by atoms with Crippen LogP contribution < -0.4 is 5.32 Å². The van der Waals surface area contributed by atoms with Crippen LogP contribution in [0.5, 0.6) is 0 Å². The van der Waals surface area contributed by atoms with Crippen molar-refractivity contribution in [3.63, 3.8) is 0 Å². The lowest BCUT2D eigenvalue weighted by molar-refractivity contribution is 0.102. The minimum absolute atomic E-state index is 0.202. The first-order valence-corrected chi connectivity index (χ1v) is 6.91. The van der Waals surface area contributed by atoms with Gasteiger partial charge in [-0.2, -0.15) is 5.10 Å². The van der Waals surface area contributed by atoms with Crippen molar-refractivity contribution in [3.8, 4) is 0 Å². The Kier molecular flexibility index (Phi) is 4.39. The minimum atomic E-state index is -0.202. The number of nitrogens with one attached hydrogen (secondary N) is 1. The van der Waals surface area contributed by atoms with Crippen LogP contribution in [0, 0.1) is 0 Å². The first kappa shape index (κ1) is 14.5. The van der Waals surface area contributed by atoms with Gasteiger partial charge in [-0.05, 0) is 25.0 Å². The normalized spacial score (nSPS) is 10.6. The average Bonchev–Trinajstić information content (AvgIpc) is 2.77. The predicted molar refractivity (Wildman–Crippen MR) is 79.2 cm³/mol. The maximum atomic E-state index is 12.3. The Morgan fingerprint density at radius 3 is 2.75 bits per heavy atom. The highest BCUT2D eigenvalue weighted by Gasteiger charge is 2.13. The maximum absolute atomic E-state index is 12.3. The average molecular weight is 293 g/mol. The summed E-state index contributed by atoms with van der Waals surface area (Å²) < 4.78 is 1.69. The number of amides is 1. The third-order valence-corrected chi connectivity index (χ3v) is 3.15. The van der Waals surface area contributed by atoms with Crippen LogP contribution in [0.4, 0.5) is 5.69 Å². The van der Waals surface area contributed by atoms with Crippen LogP contribution in [0.15, 0.2) is 18.3 Å². The summed E-state index contributed by atoms with van der Waals surface area (Å²) in [5, 5.41) is 7.49. The minimum Gasteiger partial charge on any atom is -0.319 e. The zero-order chi connectivity index (χ0) is 14.7. The molecule has 0 aliphatic carbocycles. The number of aryl methyl sites for hydroxylation is 3. The van der Waals surface area contributed by atoms with Crippen LogP contribution in [0.25, 0.3) is 0 Å². The van der Waals surface area contributed by atoms with E-state index >= 15 is 0 Å². The molecular weight excluding hydrogens is 276 g/mol. The van der Waals surface area contributed by atoms with E-state index in [1.807, 2.05) is 20.9 Å². The van der Waals surface area contributed by atoms with Gasteiger partial charge < -0.3 is 5.32 Å². The zero-order valence-electron chi connectivity index (χ0n) is 11.8. The summed E-state index contributed by atoms with van der Waals surface area (Å²) in [6, 6.07) is 3.32. The first-order valence-electron chi connectivity index (χ1n) is 6.53. The van der Waals surface area contributed by atoms with Gasteiger partial charge in [-0.3, -0.25) is 9.48 Å². The van der Waals surface area contributed by atoms with Crippen LogP contribution >= 0.6 is 11.6 Å². The molecule has 0 spiro atoms. The van der Waals surface area contributed by atoms with Crippen molar-refractivity contribution < 1.29 is 4.79 Å². The molecule has 0 unspecified atom stereocenters. The third-order valence-electron chi connectivity index (χ3n) is 2.96. The van der Waals surface area contributed by atoms with E-state index in [1.165, 1.54) is 0 Å². The van der Waals surface area contributed by atoms with Gasteiger partial charge in [0.2, 0.25) is 0 Å². The molecule has 106 valence electrons. The van der Waals surface area contributed by atoms with Crippen molar-refractivity contribution in [2.45, 2.75) is 26.7 Å². The van der Waals surface area contributed by atoms with Gasteiger partial charge in [-0.25, -0.2) is 4.98 Å². The molecule has 0 saturated carbocycles. The molecule has 1 amide bonds. The number of pyridine rings is 1. The second-order valence-electron chi connectivity index (χ2n) is 4.49. The molecule has 2 rings (SSSR count). The lowest BCUT2D eigenvalue weighted by Gasteiger charge is -2.06. The fraction of sp³-hybridized carbons (Fsp3) is 0.357. The molecule has 2 aromatic heterocycles. The van der Waals surface area contributed by atoms with Gasteiger partial charge in [0.25, 0.3) is 5.91 Å². The summed E-state index contributed by atoms with van der Waals surface area (Å²) >= 11 is 5.93. The second kappa shape index (κ2) is 6.05. The highest BCUT2D eigenvalue weighted by Crippen LogP contribution is 2.17. The molecule has 0 atom stereocenters. The van der Waals surface area contributed by atoms with Crippen molar-refractivity contribution in [3.05, 3.63) is 40.4 Å². The topological polar surface area (TPSA) is 59.8 Å². The lowest BCUT2D eigenvalue weighted by Crippen LogP contribution is -2.13. The summed E-state index contributed by atoms with van der Waals surface area (Å²) in [4.78, 5) is 16.4. The molecule has 2 aromatic rings. The summed E-state index contributed by atoms with van der Waals surface area (Å²) in [5.74, 6) is -0.202. The van der Waals surface area contributed by atoms with Gasteiger partial charge in [0.15, 0.2) is 0 Å². The highest BCUT2D eigenvalue weighted by atomic mass is 35.5. The monoisotopic (exact) mass is 292 g/mol. The molecule has 5 nitrogen and oxygen atoms in total. The van der Waals surface area contributed by atoms with Crippen molar-refractivity contribution >= 4 is 23.2 Å². The first-order chi connectivity index (χ1) is 9.53. The molecule has 20 heavy (non-hydrogen) atoms. The molecule has 0 fully saturated rings. The van der Waals surface area contributed by atoms with E-state index in [4.69, 9.17) is 11.6 Å². The number of carbonyl (C=O) groups is 1. The van der Waals surface area contributed by atoms with E-state index in [9.17, 15) is 4.79 Å². The standard InChI is InChI=1S/C14H17ClN4O/c1-4-10-6-9(7-13(15)16-10)14(20)17-12-8-19(3)18-11(12)5-2/h6-8H,4-5H2,1-3H3,(H,17,20). The Bertz CT molecular complexity index is 636. The van der Waals surface area contributed by atoms with Crippen molar-refractivity contribution in [2.24, 2.45) is 7.05 Å². The maximum Gasteiger partial charge on any atom is 0.255 e. The number of nitrogens with zero attached hydrogens (tertiary/aromatic N) is 3. The van der Waals surface area contributed by atoms with E-state index < -0.39 is 0 Å². The molecule has 2 heterocycles. The van der Waals surface area contributed by atoms with Gasteiger partial charge in [-0.1, -0.05) is 25.4 Å². The van der Waals surface area contributed by atoms with E-state index in [2.05, 4.69) is 15.4 Å². The lowest BCUT2D eigenvalue weighted by atomic mass is 10.2. The molecule has 1 N–H and O–H groups in total. The summed E-state index contributed by atoms with van der Waals surface area (Å²) in [6.45, 7) is 3.97. The van der Waals surface area contributed by atoms with Gasteiger partial charge in [0, 0.05) is 24.5 Å². The van der Waals surface area contributed by atoms with E-state index in [-0.39, 0.29) is 5.91 Å². The SMILES string of the molecule is CCc1cc(C(=O)Nc2cn(C)nc2CC)cc(Cl)n1. The number of rotatable bonds is 4. The van der Waals surface area contributed by atoms with Crippen molar-refractivity contribution in [1.29, 1.82) is 0 Å². The Labute approximate surface area is 123 Å². The van der Waals surface area contributed by atoms with E-state index in [0.29, 0.717) is 10.7 Å². The summed E-state index contributed by atoms with van der Waals surface area (Å²) in [6.07, 6.45) is 3.28. The number of aromatic nitrogens is 3. The quantitative estimate of drug-likeness (QED) is 0.882. The van der Waals surface area contributed by atoms with Crippen LogP contribution in [0.2, 0.25) is 5.15 Å². The van der Waals surface area contributed by atoms with Crippen LogP contribution in [-0.2, 0) is 19.9 Å². The fourth-order valence-electron chi connectivity index (χ4n) is 1.96. The van der Waals surface area contributed by atoms with Crippen molar-refractivity contribution in [1.82, 2.24) is 14.8 Å². The van der Waals surface area contributed by atoms with E-state index in [1.54, 1.807) is 23.0 Å². The smallest absolute Gasteiger partial charge is 0.255 e. The fourth-order valence-corrected chi connectivity index (χ4v) is 2.18. The molecule has 0 radical (unpaired) electrons. The van der Waals surface area contributed by atoms with Crippen LogP contribution in [0.1, 0.15) is 35.6 Å². The molecular formula is C14H17ClN4O. The van der Waals surface area contributed by atoms with Crippen LogP contribution in [-0.4, -0.2) is 20.7 Å². The molecule has 0 aromatic carbocycles. The summed E-state index contributed by atoms with van der Waals surface area (Å²) in [7, 11) is 1.83. The molecule has 0 bridgehead atoms. The molecule has 6 heteroatoms. The van der Waals surface area contributed by atoms with Gasteiger partial charge in [0.1, 0.15) is 5.15 Å². The number of hydrogen-bond donors (Lipinski definition) is 1. The Hall–Kier alpha value is -1.88. The third kappa shape index (κ3) is 3.17. The van der Waals surface area contributed by atoms with E-state index in [0.717, 1.165) is 29.9 Å². The van der Waals surface area contributed by atoms with Gasteiger partial charge >= 0.3 is 0 Å². The van der Waals surface area contributed by atoms with Gasteiger partial charge in [-0.15, -0.1) is 0 Å². The number of halogens is 1. The highest BCUT2D eigenvalue weighted by molar-refractivity contribution is 6.29. The summed E-state index contributed by atoms with van der Waals surface area (Å²) in [5.41, 5.74) is 2.89. The number of anilines is 1. The Morgan fingerprint density at radius 2 is 2.10 bits per heavy atom. The number of hydrogen-bond acceptors (Lipinski definition) is 3. The molecule has 0 aliphatic heterocycles. The molecule has 0 aliphatic rings.